The van der Waals surface area contributed by atoms with Crippen LogP contribution in [0, 0.1) is 0 Å². The molecule has 4 heteroatoms. The largest absolute Gasteiger partial charge is 0.376 e. The Morgan fingerprint density at radius 1 is 1.45 bits per heavy atom. The van der Waals surface area contributed by atoms with Gasteiger partial charge in [0.2, 0.25) is 0 Å². The zero-order chi connectivity index (χ0) is 8.06. The molecule has 2 rings (SSSR count). The zero-order valence-electron chi connectivity index (χ0n) is 6.70. The van der Waals surface area contributed by atoms with E-state index in [0.717, 1.165) is 0 Å². The Balaban J connectivity index is 2.10. The van der Waals surface area contributed by atoms with E-state index in [1.165, 1.54) is 0 Å². The number of fused-ring (bicyclic) bond motifs is 1. The molecular weight excluding hydrogens is 146 g/mol. The minimum atomic E-state index is -0.568. The number of hydrogen-bond donors (Lipinski definition) is 2. The predicted molar refractivity (Wildman–Crippen MR) is 37.8 cm³/mol. The van der Waals surface area contributed by atoms with Gasteiger partial charge in [0, 0.05) is 6.54 Å². The molecule has 0 amide bonds. The van der Waals surface area contributed by atoms with Crippen molar-refractivity contribution in [2.45, 2.75) is 38.1 Å². The second kappa shape index (κ2) is 2.17. The third-order valence-corrected chi connectivity index (χ3v) is 2.06. The normalized spacial score (nSPS) is 47.7. The van der Waals surface area contributed by atoms with Gasteiger partial charge in [-0.2, -0.15) is 0 Å². The van der Waals surface area contributed by atoms with Crippen LogP contribution in [0.25, 0.3) is 0 Å². The number of aliphatic hydroxyl groups is 1. The molecule has 64 valence electrons. The molecule has 2 heterocycles. The van der Waals surface area contributed by atoms with Crippen LogP contribution in [-0.2, 0) is 9.47 Å². The lowest BCUT2D eigenvalue weighted by Crippen LogP contribution is -2.34. The van der Waals surface area contributed by atoms with E-state index in [4.69, 9.17) is 9.47 Å². The van der Waals surface area contributed by atoms with Crippen LogP contribution in [0.15, 0.2) is 0 Å². The molecule has 3 atom stereocenters. The van der Waals surface area contributed by atoms with E-state index in [1.54, 1.807) is 0 Å². The standard InChI is InChI=1S/C7H13NO3/c1-7(2)10-4-3-8-6(9)5(4)11-7/h4-6,8-9H,3H2,1-2H3/t4-,5-,6+/m0/s1. The summed E-state index contributed by atoms with van der Waals surface area (Å²) in [5.41, 5.74) is 0. The maximum Gasteiger partial charge on any atom is 0.164 e. The molecule has 2 N–H and O–H groups in total. The third kappa shape index (κ3) is 1.16. The van der Waals surface area contributed by atoms with Gasteiger partial charge in [0.1, 0.15) is 18.4 Å². The third-order valence-electron chi connectivity index (χ3n) is 2.06. The van der Waals surface area contributed by atoms with Gasteiger partial charge in [-0.3, -0.25) is 5.32 Å². The van der Waals surface area contributed by atoms with Crippen LogP contribution in [0.5, 0.6) is 0 Å². The SMILES string of the molecule is CC1(C)O[C@H]2[C@H](CN[C@@H]2O)O1. The van der Waals surface area contributed by atoms with E-state index in [-0.39, 0.29) is 12.2 Å². The van der Waals surface area contributed by atoms with E-state index < -0.39 is 12.0 Å². The summed E-state index contributed by atoms with van der Waals surface area (Å²) in [5.74, 6) is -0.529. The molecule has 2 aliphatic rings. The van der Waals surface area contributed by atoms with Crippen molar-refractivity contribution in [3.05, 3.63) is 0 Å². The topological polar surface area (TPSA) is 50.7 Å². The van der Waals surface area contributed by atoms with Crippen molar-refractivity contribution in [1.82, 2.24) is 5.32 Å². The van der Waals surface area contributed by atoms with Crippen molar-refractivity contribution in [3.63, 3.8) is 0 Å². The average molecular weight is 159 g/mol. The van der Waals surface area contributed by atoms with Crippen molar-refractivity contribution in [2.24, 2.45) is 0 Å². The van der Waals surface area contributed by atoms with Crippen molar-refractivity contribution in [1.29, 1.82) is 0 Å². The molecule has 0 unspecified atom stereocenters. The van der Waals surface area contributed by atoms with Gasteiger partial charge >= 0.3 is 0 Å². The molecule has 11 heavy (non-hydrogen) atoms. The summed E-state index contributed by atoms with van der Waals surface area (Å²) in [4.78, 5) is 0. The minimum absolute atomic E-state index is 0.0139. The Kier molecular flexibility index (Phi) is 1.47. The predicted octanol–water partition coefficient (Wildman–Crippen LogP) is -0.572. The van der Waals surface area contributed by atoms with Gasteiger partial charge in [0.15, 0.2) is 5.79 Å². The molecule has 0 aromatic heterocycles. The molecule has 4 nitrogen and oxygen atoms in total. The lowest BCUT2D eigenvalue weighted by atomic mass is 10.2. The first-order valence-electron chi connectivity index (χ1n) is 3.85. The Morgan fingerprint density at radius 3 is 2.82 bits per heavy atom. The van der Waals surface area contributed by atoms with Gasteiger partial charge in [-0.25, -0.2) is 0 Å². The molecule has 2 fully saturated rings. The summed E-state index contributed by atoms with van der Waals surface area (Å²) < 4.78 is 10.9. The molecule has 2 saturated heterocycles. The van der Waals surface area contributed by atoms with Gasteiger partial charge in [-0.15, -0.1) is 0 Å². The maximum atomic E-state index is 9.32. The number of aliphatic hydroxyl groups excluding tert-OH is 1. The summed E-state index contributed by atoms with van der Waals surface area (Å²) >= 11 is 0. The summed E-state index contributed by atoms with van der Waals surface area (Å²) in [7, 11) is 0. The fourth-order valence-electron chi connectivity index (χ4n) is 1.64. The molecule has 0 spiro atoms. The van der Waals surface area contributed by atoms with Crippen LogP contribution in [0.3, 0.4) is 0 Å². The highest BCUT2D eigenvalue weighted by molar-refractivity contribution is 4.92. The van der Waals surface area contributed by atoms with E-state index in [2.05, 4.69) is 5.32 Å². The van der Waals surface area contributed by atoms with Crippen molar-refractivity contribution in [2.75, 3.05) is 6.54 Å². The van der Waals surface area contributed by atoms with E-state index in [1.807, 2.05) is 13.8 Å². The van der Waals surface area contributed by atoms with Crippen molar-refractivity contribution >= 4 is 0 Å². The van der Waals surface area contributed by atoms with E-state index in [0.29, 0.717) is 6.54 Å². The Morgan fingerprint density at radius 2 is 2.18 bits per heavy atom. The van der Waals surface area contributed by atoms with Gasteiger partial charge in [0.25, 0.3) is 0 Å². The number of hydrogen-bond acceptors (Lipinski definition) is 4. The summed E-state index contributed by atoms with van der Waals surface area (Å²) in [6.07, 6.45) is -0.744. The Bertz CT molecular complexity index is 171. The van der Waals surface area contributed by atoms with Crippen LogP contribution < -0.4 is 5.32 Å². The van der Waals surface area contributed by atoms with Crippen molar-refractivity contribution < 1.29 is 14.6 Å². The summed E-state index contributed by atoms with van der Waals surface area (Å²) in [6, 6.07) is 0. The van der Waals surface area contributed by atoms with Crippen molar-refractivity contribution in [3.8, 4) is 0 Å². The zero-order valence-corrected chi connectivity index (χ0v) is 6.70. The van der Waals surface area contributed by atoms with Gasteiger partial charge < -0.3 is 14.6 Å². The van der Waals surface area contributed by atoms with Gasteiger partial charge in [-0.1, -0.05) is 0 Å². The Hall–Kier alpha value is -0.160. The first-order valence-corrected chi connectivity index (χ1v) is 3.85. The molecule has 0 aliphatic carbocycles. The summed E-state index contributed by atoms with van der Waals surface area (Å²) in [5, 5.41) is 12.2. The maximum absolute atomic E-state index is 9.32. The highest BCUT2D eigenvalue weighted by atomic mass is 16.8. The highest BCUT2D eigenvalue weighted by Crippen LogP contribution is 2.31. The molecule has 0 radical (unpaired) electrons. The number of ether oxygens (including phenoxy) is 2. The van der Waals surface area contributed by atoms with E-state index in [9.17, 15) is 5.11 Å². The lowest BCUT2D eigenvalue weighted by molar-refractivity contribution is -0.163. The first-order chi connectivity index (χ1) is 5.08. The van der Waals surface area contributed by atoms with Crippen LogP contribution in [0.1, 0.15) is 13.8 Å². The number of rotatable bonds is 0. The van der Waals surface area contributed by atoms with Crippen LogP contribution >= 0.6 is 0 Å². The van der Waals surface area contributed by atoms with E-state index >= 15 is 0 Å². The molecule has 2 aliphatic heterocycles. The molecule has 0 aromatic rings. The van der Waals surface area contributed by atoms with Crippen LogP contribution in [0.4, 0.5) is 0 Å². The Labute approximate surface area is 65.5 Å². The first kappa shape index (κ1) is 7.49. The monoisotopic (exact) mass is 159 g/mol. The lowest BCUT2D eigenvalue weighted by Gasteiger charge is -2.19. The fraction of sp³-hybridized carbons (Fsp3) is 1.00. The average Bonchev–Trinajstić information content (AvgIpc) is 2.31. The minimum Gasteiger partial charge on any atom is -0.376 e. The molecule has 0 saturated carbocycles. The summed E-state index contributed by atoms with van der Waals surface area (Å²) in [6.45, 7) is 4.39. The molecule has 0 bridgehead atoms. The van der Waals surface area contributed by atoms with Crippen LogP contribution in [0.2, 0.25) is 0 Å². The van der Waals surface area contributed by atoms with Gasteiger partial charge in [-0.05, 0) is 13.8 Å². The van der Waals surface area contributed by atoms with Crippen LogP contribution in [-0.4, -0.2) is 35.9 Å². The fourth-order valence-corrected chi connectivity index (χ4v) is 1.64. The quantitative estimate of drug-likeness (QED) is 0.497. The smallest absolute Gasteiger partial charge is 0.164 e. The molecular formula is C7H13NO3. The second-order valence-corrected chi connectivity index (χ2v) is 3.49. The highest BCUT2D eigenvalue weighted by Gasteiger charge is 2.48. The number of nitrogens with one attached hydrogen (secondary N) is 1. The molecule has 0 aromatic carbocycles. The second-order valence-electron chi connectivity index (χ2n) is 3.49. The van der Waals surface area contributed by atoms with Gasteiger partial charge in [0.05, 0.1) is 0 Å².